The lowest BCUT2D eigenvalue weighted by Gasteiger charge is -2.16. The summed E-state index contributed by atoms with van der Waals surface area (Å²) in [7, 11) is 0. The van der Waals surface area contributed by atoms with E-state index in [1.54, 1.807) is 4.52 Å². The topological polar surface area (TPSA) is 60.7 Å². The second-order valence-electron chi connectivity index (χ2n) is 4.77. The maximum Gasteiger partial charge on any atom is 0.243 e. The van der Waals surface area contributed by atoms with Crippen LogP contribution >= 0.6 is 0 Å². The van der Waals surface area contributed by atoms with Crippen LogP contribution in [0.4, 0.5) is 5.95 Å². The summed E-state index contributed by atoms with van der Waals surface area (Å²) >= 11 is 0. The van der Waals surface area contributed by atoms with Crippen LogP contribution in [-0.2, 0) is 9.47 Å². The van der Waals surface area contributed by atoms with E-state index in [-0.39, 0.29) is 6.10 Å². The molecule has 1 atom stereocenters. The van der Waals surface area contributed by atoms with Gasteiger partial charge in [-0.05, 0) is 26.0 Å². The molecule has 1 aliphatic heterocycles. The van der Waals surface area contributed by atoms with E-state index in [2.05, 4.69) is 15.4 Å². The number of nitrogens with zero attached hydrogens (tertiary/aromatic N) is 3. The third-order valence-electron chi connectivity index (χ3n) is 2.80. The van der Waals surface area contributed by atoms with E-state index in [1.165, 1.54) is 0 Å². The molecule has 1 aliphatic rings. The van der Waals surface area contributed by atoms with Crippen LogP contribution in [0.1, 0.15) is 13.8 Å². The van der Waals surface area contributed by atoms with Gasteiger partial charge in [-0.25, -0.2) is 4.52 Å². The number of anilines is 1. The van der Waals surface area contributed by atoms with E-state index in [1.807, 2.05) is 38.2 Å². The Morgan fingerprint density at radius 2 is 2.39 bits per heavy atom. The van der Waals surface area contributed by atoms with Crippen molar-refractivity contribution in [3.05, 3.63) is 24.4 Å². The molecule has 6 nitrogen and oxygen atoms in total. The quantitative estimate of drug-likeness (QED) is 0.887. The largest absolute Gasteiger partial charge is 0.350 e. The van der Waals surface area contributed by atoms with Gasteiger partial charge >= 0.3 is 0 Å². The summed E-state index contributed by atoms with van der Waals surface area (Å²) in [6.07, 6.45) is 1.90. The van der Waals surface area contributed by atoms with E-state index in [0.29, 0.717) is 19.1 Å². The van der Waals surface area contributed by atoms with Gasteiger partial charge in [0.1, 0.15) is 6.10 Å². The van der Waals surface area contributed by atoms with Gasteiger partial charge in [-0.2, -0.15) is 4.98 Å². The molecule has 1 fully saturated rings. The summed E-state index contributed by atoms with van der Waals surface area (Å²) in [5.41, 5.74) is 0.823. The monoisotopic (exact) mass is 248 g/mol. The van der Waals surface area contributed by atoms with Crippen LogP contribution in [0.3, 0.4) is 0 Å². The molecule has 2 aromatic rings. The molecule has 0 bridgehead atoms. The van der Waals surface area contributed by atoms with Crippen LogP contribution in [0.2, 0.25) is 0 Å². The van der Waals surface area contributed by atoms with Crippen molar-refractivity contribution in [2.24, 2.45) is 0 Å². The molecule has 1 N–H and O–H groups in total. The highest BCUT2D eigenvalue weighted by Gasteiger charge is 2.32. The molecule has 6 heteroatoms. The molecule has 18 heavy (non-hydrogen) atoms. The Labute approximate surface area is 105 Å². The fraction of sp³-hybridized carbons (Fsp3) is 0.500. The van der Waals surface area contributed by atoms with Gasteiger partial charge in [-0.3, -0.25) is 0 Å². The molecule has 3 heterocycles. The second kappa shape index (κ2) is 4.22. The summed E-state index contributed by atoms with van der Waals surface area (Å²) in [6, 6.07) is 5.77. The smallest absolute Gasteiger partial charge is 0.243 e. The molecule has 3 rings (SSSR count). The zero-order valence-electron chi connectivity index (χ0n) is 10.5. The zero-order chi connectivity index (χ0) is 12.6. The minimum absolute atomic E-state index is 0.0339. The van der Waals surface area contributed by atoms with Crippen molar-refractivity contribution in [1.82, 2.24) is 14.6 Å². The highest BCUT2D eigenvalue weighted by Crippen LogP contribution is 2.22. The van der Waals surface area contributed by atoms with Crippen molar-refractivity contribution in [3.63, 3.8) is 0 Å². The van der Waals surface area contributed by atoms with Crippen LogP contribution < -0.4 is 5.32 Å². The predicted octanol–water partition coefficient (Wildman–Crippen LogP) is 1.29. The van der Waals surface area contributed by atoms with Gasteiger partial charge < -0.3 is 14.8 Å². The first-order chi connectivity index (χ1) is 8.62. The van der Waals surface area contributed by atoms with Gasteiger partial charge in [0.25, 0.3) is 0 Å². The van der Waals surface area contributed by atoms with Gasteiger partial charge in [0, 0.05) is 12.7 Å². The minimum atomic E-state index is -0.487. The van der Waals surface area contributed by atoms with Crippen LogP contribution in [0, 0.1) is 0 Å². The first-order valence-corrected chi connectivity index (χ1v) is 5.99. The summed E-state index contributed by atoms with van der Waals surface area (Å²) < 4.78 is 12.9. The van der Waals surface area contributed by atoms with E-state index in [9.17, 15) is 0 Å². The van der Waals surface area contributed by atoms with Gasteiger partial charge in [0.2, 0.25) is 5.95 Å². The molecule has 0 radical (unpaired) electrons. The number of rotatable bonds is 3. The van der Waals surface area contributed by atoms with Crippen molar-refractivity contribution in [2.45, 2.75) is 25.7 Å². The number of hydrogen-bond acceptors (Lipinski definition) is 5. The van der Waals surface area contributed by atoms with Crippen molar-refractivity contribution in [3.8, 4) is 0 Å². The molecule has 0 amide bonds. The number of fused-ring (bicyclic) bond motifs is 1. The standard InChI is InChI=1S/C12H16N4O2/c1-12(2)17-8-9(18-12)7-13-11-14-10-5-3-4-6-16(10)15-11/h3-6,9H,7-8H2,1-2H3,(H,13,15). The normalized spacial score (nSPS) is 22.4. The Hall–Kier alpha value is -1.66. The van der Waals surface area contributed by atoms with Crippen LogP contribution in [0.25, 0.3) is 5.65 Å². The van der Waals surface area contributed by atoms with Crippen LogP contribution in [0.15, 0.2) is 24.4 Å². The maximum absolute atomic E-state index is 5.70. The first-order valence-electron chi connectivity index (χ1n) is 5.99. The molecule has 0 spiro atoms. The lowest BCUT2D eigenvalue weighted by Crippen LogP contribution is -2.26. The van der Waals surface area contributed by atoms with Gasteiger partial charge in [-0.1, -0.05) is 6.07 Å². The lowest BCUT2D eigenvalue weighted by molar-refractivity contribution is -0.136. The number of hydrogen-bond donors (Lipinski definition) is 1. The Morgan fingerprint density at radius 3 is 3.11 bits per heavy atom. The number of aromatic nitrogens is 3. The van der Waals surface area contributed by atoms with Crippen LogP contribution in [-0.4, -0.2) is 39.6 Å². The Bertz CT molecular complexity index is 519. The number of pyridine rings is 1. The third-order valence-corrected chi connectivity index (χ3v) is 2.80. The van der Waals surface area contributed by atoms with E-state index < -0.39 is 5.79 Å². The van der Waals surface area contributed by atoms with Crippen molar-refractivity contribution in [1.29, 1.82) is 0 Å². The molecular weight excluding hydrogens is 232 g/mol. The molecule has 0 aromatic carbocycles. The molecule has 1 saturated heterocycles. The summed E-state index contributed by atoms with van der Waals surface area (Å²) in [5.74, 6) is 0.119. The highest BCUT2D eigenvalue weighted by molar-refractivity contribution is 5.42. The first kappa shape index (κ1) is 11.4. The molecule has 2 aromatic heterocycles. The Morgan fingerprint density at radius 1 is 1.50 bits per heavy atom. The highest BCUT2D eigenvalue weighted by atomic mass is 16.7. The van der Waals surface area contributed by atoms with Crippen molar-refractivity contribution < 1.29 is 9.47 Å². The number of ether oxygens (including phenoxy) is 2. The molecular formula is C12H16N4O2. The molecule has 1 unspecified atom stereocenters. The molecule has 96 valence electrons. The maximum atomic E-state index is 5.70. The van der Waals surface area contributed by atoms with E-state index >= 15 is 0 Å². The summed E-state index contributed by atoms with van der Waals surface area (Å²) in [5, 5.41) is 7.47. The SMILES string of the molecule is CC1(C)OCC(CNc2nc3ccccn3n2)O1. The predicted molar refractivity (Wildman–Crippen MR) is 66.4 cm³/mol. The van der Waals surface area contributed by atoms with E-state index in [0.717, 1.165) is 5.65 Å². The lowest BCUT2D eigenvalue weighted by atomic mass is 10.4. The van der Waals surface area contributed by atoms with Gasteiger partial charge in [-0.15, -0.1) is 5.10 Å². The average Bonchev–Trinajstić information content (AvgIpc) is 2.89. The van der Waals surface area contributed by atoms with Crippen LogP contribution in [0.5, 0.6) is 0 Å². The second-order valence-corrected chi connectivity index (χ2v) is 4.77. The zero-order valence-corrected chi connectivity index (χ0v) is 10.5. The van der Waals surface area contributed by atoms with Crippen molar-refractivity contribution in [2.75, 3.05) is 18.5 Å². The Kier molecular flexibility index (Phi) is 2.68. The fourth-order valence-electron chi connectivity index (χ4n) is 1.98. The molecule has 0 saturated carbocycles. The van der Waals surface area contributed by atoms with E-state index in [4.69, 9.17) is 9.47 Å². The van der Waals surface area contributed by atoms with Gasteiger partial charge in [0.05, 0.1) is 6.61 Å². The summed E-state index contributed by atoms with van der Waals surface area (Å²) in [6.45, 7) is 5.06. The average molecular weight is 248 g/mol. The minimum Gasteiger partial charge on any atom is -0.350 e. The Balaban J connectivity index is 1.63. The number of nitrogens with one attached hydrogen (secondary N) is 1. The molecule has 0 aliphatic carbocycles. The third kappa shape index (κ3) is 2.30. The van der Waals surface area contributed by atoms with Gasteiger partial charge in [0.15, 0.2) is 11.4 Å². The summed E-state index contributed by atoms with van der Waals surface area (Å²) in [4.78, 5) is 4.35. The fourth-order valence-corrected chi connectivity index (χ4v) is 1.98. The van der Waals surface area contributed by atoms with Crippen molar-refractivity contribution >= 4 is 11.6 Å².